The number of carbonyl (C=O) groups is 2. The highest BCUT2D eigenvalue weighted by atomic mass is 79.9. The Labute approximate surface area is 216 Å². The number of nitrogens with two attached hydrogens (primary N) is 1. The number of benzene rings is 1. The van der Waals surface area contributed by atoms with Gasteiger partial charge in [-0.2, -0.15) is 0 Å². The Morgan fingerprint density at radius 2 is 1.86 bits per heavy atom. The number of halogens is 2. The van der Waals surface area contributed by atoms with Crippen molar-refractivity contribution in [2.24, 2.45) is 16.6 Å². The summed E-state index contributed by atoms with van der Waals surface area (Å²) >= 11 is 3.50. The number of fused-ring (bicyclic) bond motifs is 1. The molecule has 0 heterocycles. The summed E-state index contributed by atoms with van der Waals surface area (Å²) in [5.74, 6) is -1.46. The molecule has 7 nitrogen and oxygen atoms in total. The summed E-state index contributed by atoms with van der Waals surface area (Å²) in [7, 11) is 0. The van der Waals surface area contributed by atoms with Gasteiger partial charge < -0.3 is 15.2 Å². The minimum Gasteiger partial charge on any atom is -0.442 e. The van der Waals surface area contributed by atoms with Crippen LogP contribution in [0.1, 0.15) is 78.9 Å². The number of aliphatic imine (C=N–C) groups is 1. The zero-order valence-corrected chi connectivity index (χ0v) is 23.6. The molecule has 2 amide bonds. The van der Waals surface area contributed by atoms with Crippen LogP contribution in [0.3, 0.4) is 0 Å². The lowest BCUT2D eigenvalue weighted by molar-refractivity contribution is -0.131. The molecule has 0 saturated heterocycles. The summed E-state index contributed by atoms with van der Waals surface area (Å²) in [5, 5.41) is 0. The van der Waals surface area contributed by atoms with Gasteiger partial charge in [0.25, 0.3) is 0 Å². The third kappa shape index (κ3) is 8.86. The van der Waals surface area contributed by atoms with Gasteiger partial charge in [0.15, 0.2) is 0 Å². The second-order valence-electron chi connectivity index (χ2n) is 11.1. The fourth-order valence-corrected chi connectivity index (χ4v) is 4.83. The number of amides is 2. The lowest BCUT2D eigenvalue weighted by Crippen LogP contribution is -2.50. The van der Waals surface area contributed by atoms with Crippen LogP contribution >= 0.6 is 15.9 Å². The Bertz CT molecular complexity index is 953. The molecule has 0 spiro atoms. The van der Waals surface area contributed by atoms with Crippen LogP contribution in [0.4, 0.5) is 9.18 Å². The SMILES string of the molecule is CC(C)OC(C)CC1Cc2ccc(Br)cc2C1C(=O)N(CC(C)(C)F)/C(N)=N/C(=O)OC(C)(C)C. The van der Waals surface area contributed by atoms with Crippen LogP contribution < -0.4 is 5.73 Å². The van der Waals surface area contributed by atoms with Gasteiger partial charge >= 0.3 is 6.09 Å². The van der Waals surface area contributed by atoms with E-state index in [4.69, 9.17) is 15.2 Å². The fourth-order valence-electron chi connectivity index (χ4n) is 4.45. The van der Waals surface area contributed by atoms with Crippen LogP contribution in [0.15, 0.2) is 27.7 Å². The molecule has 3 unspecified atom stereocenters. The third-order valence-corrected chi connectivity index (χ3v) is 5.97. The molecular weight excluding hydrogens is 517 g/mol. The number of alkyl halides is 1. The highest BCUT2D eigenvalue weighted by Crippen LogP contribution is 2.43. The lowest BCUT2D eigenvalue weighted by Gasteiger charge is -2.32. The molecular formula is C26H39BrFN3O4. The van der Waals surface area contributed by atoms with Crippen LogP contribution in [0, 0.1) is 5.92 Å². The largest absolute Gasteiger partial charge is 0.442 e. The molecule has 2 rings (SSSR count). The number of guanidine groups is 1. The minimum atomic E-state index is -1.77. The summed E-state index contributed by atoms with van der Waals surface area (Å²) < 4.78 is 26.8. The van der Waals surface area contributed by atoms with E-state index in [2.05, 4.69) is 20.9 Å². The van der Waals surface area contributed by atoms with E-state index < -0.39 is 29.2 Å². The van der Waals surface area contributed by atoms with Crippen molar-refractivity contribution < 1.29 is 23.5 Å². The molecule has 0 fully saturated rings. The van der Waals surface area contributed by atoms with Gasteiger partial charge in [-0.25, -0.2) is 9.18 Å². The monoisotopic (exact) mass is 555 g/mol. The van der Waals surface area contributed by atoms with Gasteiger partial charge in [0, 0.05) is 4.47 Å². The normalized spacial score (nSPS) is 19.5. The summed E-state index contributed by atoms with van der Waals surface area (Å²) in [6.07, 6.45) is 0.358. The number of nitrogens with zero attached hydrogens (tertiary/aromatic N) is 2. The zero-order valence-electron chi connectivity index (χ0n) is 22.0. The Hall–Kier alpha value is -2.00. The molecule has 196 valence electrons. The van der Waals surface area contributed by atoms with Crippen molar-refractivity contribution in [3.05, 3.63) is 33.8 Å². The van der Waals surface area contributed by atoms with E-state index in [0.717, 1.165) is 20.5 Å². The first-order valence-electron chi connectivity index (χ1n) is 12.0. The molecule has 1 aromatic rings. The van der Waals surface area contributed by atoms with Gasteiger partial charge in [-0.1, -0.05) is 22.0 Å². The predicted molar refractivity (Wildman–Crippen MR) is 139 cm³/mol. The first-order valence-corrected chi connectivity index (χ1v) is 12.8. The Morgan fingerprint density at radius 3 is 2.40 bits per heavy atom. The number of hydrogen-bond donors (Lipinski definition) is 1. The van der Waals surface area contributed by atoms with E-state index in [9.17, 15) is 14.0 Å². The van der Waals surface area contributed by atoms with Crippen LogP contribution in [-0.4, -0.2) is 52.9 Å². The van der Waals surface area contributed by atoms with Gasteiger partial charge in [-0.05, 0) is 97.4 Å². The predicted octanol–water partition coefficient (Wildman–Crippen LogP) is 5.74. The molecule has 0 aromatic heterocycles. The molecule has 35 heavy (non-hydrogen) atoms. The van der Waals surface area contributed by atoms with E-state index in [1.54, 1.807) is 20.8 Å². The molecule has 1 aliphatic carbocycles. The van der Waals surface area contributed by atoms with Gasteiger partial charge in [0.1, 0.15) is 11.3 Å². The van der Waals surface area contributed by atoms with E-state index >= 15 is 0 Å². The zero-order chi connectivity index (χ0) is 26.7. The molecule has 0 bridgehead atoms. The van der Waals surface area contributed by atoms with Crippen molar-refractivity contribution in [1.82, 2.24) is 4.90 Å². The summed E-state index contributed by atoms with van der Waals surface area (Å²) in [5.41, 5.74) is 5.48. The maximum absolute atomic E-state index is 14.8. The van der Waals surface area contributed by atoms with Gasteiger partial charge in [0.2, 0.25) is 11.9 Å². The van der Waals surface area contributed by atoms with Gasteiger partial charge in [-0.15, -0.1) is 4.99 Å². The Balaban J connectivity index is 2.46. The van der Waals surface area contributed by atoms with Crippen LogP contribution in [0.5, 0.6) is 0 Å². The second-order valence-corrected chi connectivity index (χ2v) is 12.0. The lowest BCUT2D eigenvalue weighted by atomic mass is 9.87. The number of rotatable bonds is 7. The molecule has 9 heteroatoms. The highest BCUT2D eigenvalue weighted by Gasteiger charge is 2.42. The van der Waals surface area contributed by atoms with Crippen molar-refractivity contribution >= 4 is 33.9 Å². The summed E-state index contributed by atoms with van der Waals surface area (Å²) in [6, 6.07) is 5.86. The van der Waals surface area contributed by atoms with Crippen molar-refractivity contribution in [2.45, 2.75) is 97.6 Å². The molecule has 1 aliphatic rings. The van der Waals surface area contributed by atoms with Crippen molar-refractivity contribution in [3.63, 3.8) is 0 Å². The quantitative estimate of drug-likeness (QED) is 0.342. The first-order chi connectivity index (χ1) is 16.0. The summed E-state index contributed by atoms with van der Waals surface area (Å²) in [6.45, 7) is 13.4. The average molecular weight is 557 g/mol. The van der Waals surface area contributed by atoms with E-state index in [1.165, 1.54) is 13.8 Å². The van der Waals surface area contributed by atoms with Crippen molar-refractivity contribution in [3.8, 4) is 0 Å². The van der Waals surface area contributed by atoms with Crippen LogP contribution in [0.25, 0.3) is 0 Å². The van der Waals surface area contributed by atoms with Crippen LogP contribution in [0.2, 0.25) is 0 Å². The topological polar surface area (TPSA) is 94.2 Å². The van der Waals surface area contributed by atoms with Gasteiger partial charge in [-0.3, -0.25) is 9.69 Å². The van der Waals surface area contributed by atoms with Crippen LogP contribution in [-0.2, 0) is 20.7 Å². The van der Waals surface area contributed by atoms with E-state index in [1.807, 2.05) is 39.0 Å². The standard InChI is InChI=1S/C26H39BrFN3O4/c1-15(2)34-16(3)11-18-12-17-9-10-19(27)13-20(17)21(18)22(32)31(14-26(7,8)28)23(29)30-24(33)35-25(4,5)6/h9-10,13,15-16,18,21H,11-12,14H2,1-8H3,(H2,29,30,33). The Morgan fingerprint density at radius 1 is 1.23 bits per heavy atom. The number of ether oxygens (including phenoxy) is 2. The highest BCUT2D eigenvalue weighted by molar-refractivity contribution is 9.10. The van der Waals surface area contributed by atoms with E-state index in [-0.39, 0.29) is 30.6 Å². The molecule has 0 radical (unpaired) electrons. The summed E-state index contributed by atoms with van der Waals surface area (Å²) in [4.78, 5) is 31.2. The van der Waals surface area contributed by atoms with Crippen molar-refractivity contribution in [2.75, 3.05) is 6.54 Å². The third-order valence-electron chi connectivity index (χ3n) is 5.48. The fraction of sp³-hybridized carbons (Fsp3) is 0.654. The molecule has 2 N–H and O–H groups in total. The maximum Gasteiger partial charge on any atom is 0.437 e. The molecule has 0 aliphatic heterocycles. The Kier molecular flexibility index (Phi) is 9.50. The number of carbonyl (C=O) groups excluding carboxylic acids is 2. The van der Waals surface area contributed by atoms with E-state index in [0.29, 0.717) is 12.8 Å². The molecule has 1 aromatic carbocycles. The number of hydrogen-bond acceptors (Lipinski definition) is 4. The maximum atomic E-state index is 14.8. The molecule has 3 atom stereocenters. The average Bonchev–Trinajstić information content (AvgIpc) is 2.99. The first kappa shape index (κ1) is 29.2. The minimum absolute atomic E-state index is 0.0533. The van der Waals surface area contributed by atoms with Crippen molar-refractivity contribution in [1.29, 1.82) is 0 Å². The van der Waals surface area contributed by atoms with Gasteiger partial charge in [0.05, 0.1) is 24.7 Å². The molecule has 0 saturated carbocycles. The smallest absolute Gasteiger partial charge is 0.437 e. The second kappa shape index (κ2) is 11.4.